The summed E-state index contributed by atoms with van der Waals surface area (Å²) in [6.45, 7) is 4.90. The summed E-state index contributed by atoms with van der Waals surface area (Å²) in [5.41, 5.74) is 4.86. The van der Waals surface area contributed by atoms with E-state index < -0.39 is 6.03 Å². The Hall–Kier alpha value is -1.14. The van der Waals surface area contributed by atoms with Crippen molar-refractivity contribution in [2.45, 2.75) is 19.4 Å². The first-order valence-corrected chi connectivity index (χ1v) is 5.17. The van der Waals surface area contributed by atoms with Crippen molar-refractivity contribution in [3.8, 4) is 0 Å². The van der Waals surface area contributed by atoms with Gasteiger partial charge in [0.25, 0.3) is 0 Å². The summed E-state index contributed by atoms with van der Waals surface area (Å²) in [6, 6.07) is -0.408. The van der Waals surface area contributed by atoms with Crippen LogP contribution in [0.3, 0.4) is 0 Å². The number of hydrogen-bond acceptors (Lipinski definition) is 4. The Labute approximate surface area is 89.2 Å². The van der Waals surface area contributed by atoms with Crippen LogP contribution in [0.1, 0.15) is 13.3 Å². The lowest BCUT2D eigenvalue weighted by Crippen LogP contribution is -2.46. The van der Waals surface area contributed by atoms with Crippen molar-refractivity contribution in [2.75, 3.05) is 26.2 Å². The Bertz CT molecular complexity index is 238. The predicted octanol–water partition coefficient (Wildman–Crippen LogP) is -1.13. The van der Waals surface area contributed by atoms with Crippen molar-refractivity contribution in [2.24, 2.45) is 5.73 Å². The predicted molar refractivity (Wildman–Crippen MR) is 56.2 cm³/mol. The molecule has 1 aliphatic rings. The molecule has 0 saturated carbocycles. The van der Waals surface area contributed by atoms with Gasteiger partial charge in [0.1, 0.15) is 0 Å². The highest BCUT2D eigenvalue weighted by Gasteiger charge is 2.22. The van der Waals surface area contributed by atoms with Crippen molar-refractivity contribution < 1.29 is 9.59 Å². The highest BCUT2D eigenvalue weighted by molar-refractivity contribution is 5.94. The smallest absolute Gasteiger partial charge is 0.318 e. The molecule has 1 atom stereocenters. The number of nitrogens with two attached hydrogens (primary N) is 1. The topological polar surface area (TPSA) is 87.5 Å². The van der Waals surface area contributed by atoms with Gasteiger partial charge in [0.05, 0.1) is 6.54 Å². The van der Waals surface area contributed by atoms with E-state index in [1.54, 1.807) is 0 Å². The van der Waals surface area contributed by atoms with Crippen LogP contribution in [0, 0.1) is 0 Å². The third-order valence-corrected chi connectivity index (χ3v) is 2.57. The summed E-state index contributed by atoms with van der Waals surface area (Å²) in [5.74, 6) is -0.337. The molecule has 86 valence electrons. The van der Waals surface area contributed by atoms with Crippen LogP contribution >= 0.6 is 0 Å². The fraction of sp³-hybridized carbons (Fsp3) is 0.778. The number of primary amides is 1. The minimum Gasteiger partial charge on any atom is -0.351 e. The Kier molecular flexibility index (Phi) is 4.51. The molecule has 1 fully saturated rings. The minimum absolute atomic E-state index is 0.228. The number of nitrogens with one attached hydrogen (secondary N) is 2. The van der Waals surface area contributed by atoms with E-state index in [4.69, 9.17) is 5.73 Å². The van der Waals surface area contributed by atoms with Gasteiger partial charge in [-0.15, -0.1) is 0 Å². The van der Waals surface area contributed by atoms with Crippen LogP contribution < -0.4 is 16.4 Å². The van der Waals surface area contributed by atoms with Gasteiger partial charge in [-0.1, -0.05) is 6.92 Å². The SMILES string of the molecule is CCN(CC(=O)NC(N)=O)C1CCNC1. The van der Waals surface area contributed by atoms with E-state index in [-0.39, 0.29) is 12.5 Å². The number of urea groups is 1. The molecular weight excluding hydrogens is 196 g/mol. The zero-order chi connectivity index (χ0) is 11.3. The molecule has 4 N–H and O–H groups in total. The zero-order valence-corrected chi connectivity index (χ0v) is 8.95. The molecule has 1 saturated heterocycles. The molecule has 1 rings (SSSR count). The van der Waals surface area contributed by atoms with Crippen LogP contribution in [0.5, 0.6) is 0 Å². The molecule has 0 aliphatic carbocycles. The van der Waals surface area contributed by atoms with Crippen LogP contribution in [0.4, 0.5) is 4.79 Å². The van der Waals surface area contributed by atoms with E-state index in [1.165, 1.54) is 0 Å². The summed E-state index contributed by atoms with van der Waals surface area (Å²) >= 11 is 0. The van der Waals surface area contributed by atoms with Gasteiger partial charge in [-0.25, -0.2) is 4.79 Å². The molecule has 1 unspecified atom stereocenters. The van der Waals surface area contributed by atoms with Gasteiger partial charge < -0.3 is 11.1 Å². The van der Waals surface area contributed by atoms with E-state index >= 15 is 0 Å². The van der Waals surface area contributed by atoms with Gasteiger partial charge in [0, 0.05) is 12.6 Å². The van der Waals surface area contributed by atoms with Gasteiger partial charge in [0.2, 0.25) is 5.91 Å². The average molecular weight is 214 g/mol. The van der Waals surface area contributed by atoms with E-state index in [9.17, 15) is 9.59 Å². The number of likely N-dealkylation sites (N-methyl/N-ethyl adjacent to an activating group) is 1. The largest absolute Gasteiger partial charge is 0.351 e. The maximum Gasteiger partial charge on any atom is 0.318 e. The lowest BCUT2D eigenvalue weighted by molar-refractivity contribution is -0.121. The highest BCUT2D eigenvalue weighted by atomic mass is 16.2. The van der Waals surface area contributed by atoms with E-state index in [0.29, 0.717) is 6.04 Å². The summed E-state index contributed by atoms with van der Waals surface area (Å²) in [6.07, 6.45) is 1.04. The molecule has 3 amide bonds. The molecule has 15 heavy (non-hydrogen) atoms. The number of carbonyl (C=O) groups excluding carboxylic acids is 2. The van der Waals surface area contributed by atoms with Crippen LogP contribution in [0.15, 0.2) is 0 Å². The number of imide groups is 1. The lowest BCUT2D eigenvalue weighted by Gasteiger charge is -2.25. The average Bonchev–Trinajstić information content (AvgIpc) is 2.65. The van der Waals surface area contributed by atoms with Crippen LogP contribution in [0.25, 0.3) is 0 Å². The Morgan fingerprint density at radius 2 is 2.33 bits per heavy atom. The van der Waals surface area contributed by atoms with Gasteiger partial charge in [-0.2, -0.15) is 0 Å². The Balaban J connectivity index is 2.38. The maximum absolute atomic E-state index is 11.3. The third kappa shape index (κ3) is 3.85. The second-order valence-corrected chi connectivity index (χ2v) is 3.62. The third-order valence-electron chi connectivity index (χ3n) is 2.57. The summed E-state index contributed by atoms with van der Waals surface area (Å²) in [5, 5.41) is 5.31. The van der Waals surface area contributed by atoms with Crippen molar-refractivity contribution >= 4 is 11.9 Å². The Morgan fingerprint density at radius 3 is 2.80 bits per heavy atom. The van der Waals surface area contributed by atoms with Crippen LogP contribution in [0.2, 0.25) is 0 Å². The summed E-state index contributed by atoms with van der Waals surface area (Å²) < 4.78 is 0. The number of rotatable bonds is 4. The fourth-order valence-electron chi connectivity index (χ4n) is 1.81. The minimum atomic E-state index is -0.791. The van der Waals surface area contributed by atoms with Crippen molar-refractivity contribution in [1.82, 2.24) is 15.5 Å². The summed E-state index contributed by atoms with van der Waals surface area (Å²) in [7, 11) is 0. The van der Waals surface area contributed by atoms with E-state index in [1.807, 2.05) is 11.8 Å². The Morgan fingerprint density at radius 1 is 1.60 bits per heavy atom. The lowest BCUT2D eigenvalue weighted by atomic mass is 10.2. The fourth-order valence-corrected chi connectivity index (χ4v) is 1.81. The molecule has 1 aliphatic heterocycles. The monoisotopic (exact) mass is 214 g/mol. The quantitative estimate of drug-likeness (QED) is 0.552. The first-order chi connectivity index (χ1) is 7.13. The number of hydrogen-bond donors (Lipinski definition) is 3. The standard InChI is InChI=1S/C9H18N4O2/c1-2-13(7-3-4-11-5-7)6-8(14)12-9(10)15/h7,11H,2-6H2,1H3,(H3,10,12,14,15). The molecule has 0 bridgehead atoms. The molecule has 0 aromatic carbocycles. The van der Waals surface area contributed by atoms with Gasteiger partial charge in [-0.05, 0) is 19.5 Å². The van der Waals surface area contributed by atoms with Crippen molar-refractivity contribution in [3.05, 3.63) is 0 Å². The number of amides is 3. The van der Waals surface area contributed by atoms with Gasteiger partial charge in [-0.3, -0.25) is 15.0 Å². The van der Waals surface area contributed by atoms with E-state index in [2.05, 4.69) is 10.6 Å². The van der Waals surface area contributed by atoms with Crippen molar-refractivity contribution in [1.29, 1.82) is 0 Å². The molecule has 0 aromatic heterocycles. The molecule has 0 spiro atoms. The normalized spacial score (nSPS) is 20.5. The number of carbonyl (C=O) groups is 2. The van der Waals surface area contributed by atoms with E-state index in [0.717, 1.165) is 26.1 Å². The zero-order valence-electron chi connectivity index (χ0n) is 8.95. The molecule has 6 nitrogen and oxygen atoms in total. The first-order valence-electron chi connectivity index (χ1n) is 5.17. The molecule has 0 radical (unpaired) electrons. The van der Waals surface area contributed by atoms with Crippen LogP contribution in [-0.4, -0.2) is 49.1 Å². The molecular formula is C9H18N4O2. The van der Waals surface area contributed by atoms with Gasteiger partial charge in [0.15, 0.2) is 0 Å². The second-order valence-electron chi connectivity index (χ2n) is 3.62. The number of nitrogens with zero attached hydrogens (tertiary/aromatic N) is 1. The maximum atomic E-state index is 11.3. The first kappa shape index (κ1) is 11.9. The summed E-state index contributed by atoms with van der Waals surface area (Å²) in [4.78, 5) is 23.8. The highest BCUT2D eigenvalue weighted by Crippen LogP contribution is 2.07. The second kappa shape index (κ2) is 5.67. The molecule has 1 heterocycles. The molecule has 0 aromatic rings. The molecule has 6 heteroatoms. The van der Waals surface area contributed by atoms with Crippen LogP contribution in [-0.2, 0) is 4.79 Å². The van der Waals surface area contributed by atoms with Crippen molar-refractivity contribution in [3.63, 3.8) is 0 Å². The van der Waals surface area contributed by atoms with Gasteiger partial charge >= 0.3 is 6.03 Å².